The van der Waals surface area contributed by atoms with Gasteiger partial charge in [0.15, 0.2) is 17.3 Å². The molecule has 1 aromatic carbocycles. The van der Waals surface area contributed by atoms with Gasteiger partial charge in [0, 0.05) is 17.9 Å². The molecule has 0 atom stereocenters. The summed E-state index contributed by atoms with van der Waals surface area (Å²) in [6.07, 6.45) is 0. The lowest BCUT2D eigenvalue weighted by Crippen LogP contribution is -1.92. The molecule has 0 aliphatic carbocycles. The number of benzene rings is 1. The minimum atomic E-state index is -0.0297. The molecular formula is C13H13NO3S. The van der Waals surface area contributed by atoms with Gasteiger partial charge in [-0.2, -0.15) is 0 Å². The normalized spacial score (nSPS) is 10.2. The molecule has 18 heavy (non-hydrogen) atoms. The predicted octanol–water partition coefficient (Wildman–Crippen LogP) is 3.03. The first-order valence-corrected chi connectivity index (χ1v) is 6.22. The maximum Gasteiger partial charge on any atom is 0.178 e. The van der Waals surface area contributed by atoms with Crippen molar-refractivity contribution < 1.29 is 14.3 Å². The fourth-order valence-electron chi connectivity index (χ4n) is 1.54. The van der Waals surface area contributed by atoms with Crippen LogP contribution in [0, 0.1) is 0 Å². The Morgan fingerprint density at radius 2 is 1.94 bits per heavy atom. The summed E-state index contributed by atoms with van der Waals surface area (Å²) in [5.41, 5.74) is 1.40. The highest BCUT2D eigenvalue weighted by molar-refractivity contribution is 7.13. The molecule has 0 fully saturated rings. The zero-order chi connectivity index (χ0) is 13.1. The second-order valence-corrected chi connectivity index (χ2v) is 4.52. The quantitative estimate of drug-likeness (QED) is 0.795. The highest BCUT2D eigenvalue weighted by atomic mass is 32.1. The number of ether oxygens (including phenoxy) is 2. The van der Waals surface area contributed by atoms with Crippen LogP contribution in [0.2, 0.25) is 0 Å². The Morgan fingerprint density at radius 1 is 1.22 bits per heavy atom. The van der Waals surface area contributed by atoms with E-state index in [1.54, 1.807) is 19.6 Å². The molecule has 0 radical (unpaired) electrons. The van der Waals surface area contributed by atoms with E-state index >= 15 is 0 Å². The van der Waals surface area contributed by atoms with E-state index in [0.29, 0.717) is 17.2 Å². The lowest BCUT2D eigenvalue weighted by Gasteiger charge is -2.08. The van der Waals surface area contributed by atoms with Crippen LogP contribution >= 0.6 is 11.3 Å². The van der Waals surface area contributed by atoms with Crippen LogP contribution in [0.5, 0.6) is 11.5 Å². The van der Waals surface area contributed by atoms with Crippen LogP contribution in [-0.2, 0) is 0 Å². The predicted molar refractivity (Wildman–Crippen MR) is 70.7 cm³/mol. The van der Waals surface area contributed by atoms with Gasteiger partial charge in [-0.3, -0.25) is 4.79 Å². The minimum absolute atomic E-state index is 0.0297. The third kappa shape index (κ3) is 2.36. The van der Waals surface area contributed by atoms with E-state index in [0.717, 1.165) is 10.6 Å². The largest absolute Gasteiger partial charge is 0.493 e. The summed E-state index contributed by atoms with van der Waals surface area (Å²) in [4.78, 5) is 15.5. The fraction of sp³-hybridized carbons (Fsp3) is 0.231. The maximum atomic E-state index is 11.2. The number of aromatic nitrogens is 1. The van der Waals surface area contributed by atoms with Gasteiger partial charge in [0.2, 0.25) is 0 Å². The fourth-order valence-corrected chi connectivity index (χ4v) is 2.39. The van der Waals surface area contributed by atoms with Gasteiger partial charge in [-0.05, 0) is 18.2 Å². The Kier molecular flexibility index (Phi) is 3.62. The molecule has 0 unspecified atom stereocenters. The third-order valence-electron chi connectivity index (χ3n) is 2.50. The Labute approximate surface area is 109 Å². The molecular weight excluding hydrogens is 250 g/mol. The maximum absolute atomic E-state index is 11.2. The zero-order valence-corrected chi connectivity index (χ0v) is 11.2. The topological polar surface area (TPSA) is 48.4 Å². The first kappa shape index (κ1) is 12.6. The third-order valence-corrected chi connectivity index (χ3v) is 3.39. The van der Waals surface area contributed by atoms with Crippen molar-refractivity contribution in [2.75, 3.05) is 14.2 Å². The van der Waals surface area contributed by atoms with E-state index in [9.17, 15) is 4.79 Å². The zero-order valence-electron chi connectivity index (χ0n) is 10.4. The molecule has 0 amide bonds. The van der Waals surface area contributed by atoms with E-state index in [-0.39, 0.29) is 5.78 Å². The van der Waals surface area contributed by atoms with E-state index in [4.69, 9.17) is 9.47 Å². The SMILES string of the molecule is COc1ccc(-c2nc(C(C)=O)cs2)cc1OC. The first-order chi connectivity index (χ1) is 8.65. The average Bonchev–Trinajstić information content (AvgIpc) is 2.87. The molecule has 0 saturated carbocycles. The van der Waals surface area contributed by atoms with Crippen LogP contribution in [0.4, 0.5) is 0 Å². The summed E-state index contributed by atoms with van der Waals surface area (Å²) in [6, 6.07) is 5.56. The van der Waals surface area contributed by atoms with E-state index in [1.165, 1.54) is 18.3 Å². The van der Waals surface area contributed by atoms with Crippen LogP contribution in [0.15, 0.2) is 23.6 Å². The van der Waals surface area contributed by atoms with Crippen molar-refractivity contribution in [1.29, 1.82) is 0 Å². The van der Waals surface area contributed by atoms with Crippen LogP contribution in [-0.4, -0.2) is 25.0 Å². The minimum Gasteiger partial charge on any atom is -0.493 e. The summed E-state index contributed by atoms with van der Waals surface area (Å²) in [5.74, 6) is 1.29. The summed E-state index contributed by atoms with van der Waals surface area (Å²) in [5, 5.41) is 2.55. The number of carbonyl (C=O) groups excluding carboxylic acids is 1. The van der Waals surface area contributed by atoms with Gasteiger partial charge >= 0.3 is 0 Å². The van der Waals surface area contributed by atoms with Crippen LogP contribution in [0.25, 0.3) is 10.6 Å². The molecule has 0 bridgehead atoms. The van der Waals surface area contributed by atoms with Crippen molar-refractivity contribution in [2.45, 2.75) is 6.92 Å². The molecule has 4 nitrogen and oxygen atoms in total. The number of thiazole rings is 1. The average molecular weight is 263 g/mol. The Hall–Kier alpha value is -1.88. The molecule has 94 valence electrons. The number of methoxy groups -OCH3 is 2. The molecule has 1 heterocycles. The van der Waals surface area contributed by atoms with Crippen LogP contribution in [0.1, 0.15) is 17.4 Å². The standard InChI is InChI=1S/C13H13NO3S/c1-8(15)10-7-18-13(14-10)9-4-5-11(16-2)12(6-9)17-3/h4-7H,1-3H3. The van der Waals surface area contributed by atoms with Crippen molar-refractivity contribution in [1.82, 2.24) is 4.98 Å². The summed E-state index contributed by atoms with van der Waals surface area (Å²) in [6.45, 7) is 1.51. The van der Waals surface area contributed by atoms with Crippen LogP contribution < -0.4 is 9.47 Å². The number of hydrogen-bond donors (Lipinski definition) is 0. The molecule has 1 aromatic heterocycles. The van der Waals surface area contributed by atoms with E-state index < -0.39 is 0 Å². The number of rotatable bonds is 4. The molecule has 2 aromatic rings. The second kappa shape index (κ2) is 5.18. The second-order valence-electron chi connectivity index (χ2n) is 3.66. The molecule has 0 aliphatic heterocycles. The van der Waals surface area contributed by atoms with Gasteiger partial charge in [0.1, 0.15) is 10.7 Å². The van der Waals surface area contributed by atoms with Gasteiger partial charge < -0.3 is 9.47 Å². The highest BCUT2D eigenvalue weighted by Crippen LogP contribution is 2.33. The van der Waals surface area contributed by atoms with Crippen molar-refractivity contribution in [3.63, 3.8) is 0 Å². The number of carbonyl (C=O) groups is 1. The van der Waals surface area contributed by atoms with Gasteiger partial charge in [0.05, 0.1) is 14.2 Å². The number of hydrogen-bond acceptors (Lipinski definition) is 5. The van der Waals surface area contributed by atoms with Crippen molar-refractivity contribution in [3.05, 3.63) is 29.3 Å². The molecule has 0 aliphatic rings. The molecule has 2 rings (SSSR count). The van der Waals surface area contributed by atoms with Gasteiger partial charge in [-0.15, -0.1) is 11.3 Å². The Bertz CT molecular complexity index is 577. The number of ketones is 1. The number of Topliss-reactive ketones (excluding diaryl/α,β-unsaturated/α-hetero) is 1. The lowest BCUT2D eigenvalue weighted by atomic mass is 10.2. The van der Waals surface area contributed by atoms with E-state index in [2.05, 4.69) is 4.98 Å². The van der Waals surface area contributed by atoms with Gasteiger partial charge in [-0.1, -0.05) is 0 Å². The molecule has 0 spiro atoms. The van der Waals surface area contributed by atoms with E-state index in [1.807, 2.05) is 18.2 Å². The first-order valence-electron chi connectivity index (χ1n) is 5.34. The molecule has 0 N–H and O–H groups in total. The van der Waals surface area contributed by atoms with Crippen LogP contribution in [0.3, 0.4) is 0 Å². The summed E-state index contributed by atoms with van der Waals surface area (Å²) < 4.78 is 10.4. The van der Waals surface area contributed by atoms with Gasteiger partial charge in [-0.25, -0.2) is 4.98 Å². The number of nitrogens with zero attached hydrogens (tertiary/aromatic N) is 1. The summed E-state index contributed by atoms with van der Waals surface area (Å²) in [7, 11) is 3.18. The summed E-state index contributed by atoms with van der Waals surface area (Å²) >= 11 is 1.44. The van der Waals surface area contributed by atoms with Crippen molar-refractivity contribution in [2.24, 2.45) is 0 Å². The Balaban J connectivity index is 2.41. The highest BCUT2D eigenvalue weighted by Gasteiger charge is 2.11. The van der Waals surface area contributed by atoms with Crippen molar-refractivity contribution in [3.8, 4) is 22.1 Å². The Morgan fingerprint density at radius 3 is 2.50 bits per heavy atom. The monoisotopic (exact) mass is 263 g/mol. The lowest BCUT2D eigenvalue weighted by molar-refractivity contribution is 0.101. The van der Waals surface area contributed by atoms with Gasteiger partial charge in [0.25, 0.3) is 0 Å². The smallest absolute Gasteiger partial charge is 0.178 e. The molecule has 5 heteroatoms. The molecule has 0 saturated heterocycles. The van der Waals surface area contributed by atoms with Crippen molar-refractivity contribution >= 4 is 17.1 Å².